The normalized spacial score (nSPS) is 45.1. The molecule has 3 aliphatic rings. The van der Waals surface area contributed by atoms with Gasteiger partial charge < -0.3 is 4.74 Å². The standard InChI is InChI=1S/C12H19ClO/c1-12(2)9-6-4-8(11(12)14-3)5-7-10(9)13/h5,7-11H,4,6H2,1-3H3. The topological polar surface area (TPSA) is 9.23 Å². The van der Waals surface area contributed by atoms with E-state index in [0.29, 0.717) is 17.9 Å². The van der Waals surface area contributed by atoms with Crippen LogP contribution < -0.4 is 0 Å². The van der Waals surface area contributed by atoms with Gasteiger partial charge in [-0.3, -0.25) is 0 Å². The second-order valence-electron chi connectivity index (χ2n) is 5.15. The smallest absolute Gasteiger partial charge is 0.0687 e. The van der Waals surface area contributed by atoms with Crippen LogP contribution in [-0.2, 0) is 4.74 Å². The van der Waals surface area contributed by atoms with Gasteiger partial charge >= 0.3 is 0 Å². The molecule has 4 unspecified atom stereocenters. The van der Waals surface area contributed by atoms with Crippen LogP contribution in [0.2, 0.25) is 0 Å². The van der Waals surface area contributed by atoms with Crippen LogP contribution in [0.25, 0.3) is 0 Å². The highest BCUT2D eigenvalue weighted by atomic mass is 35.5. The summed E-state index contributed by atoms with van der Waals surface area (Å²) in [7, 11) is 1.82. The third-order valence-electron chi connectivity index (χ3n) is 4.07. The van der Waals surface area contributed by atoms with Gasteiger partial charge in [0.15, 0.2) is 0 Å². The van der Waals surface area contributed by atoms with Crippen molar-refractivity contribution in [1.82, 2.24) is 0 Å². The van der Waals surface area contributed by atoms with Crippen molar-refractivity contribution in [2.45, 2.75) is 38.2 Å². The van der Waals surface area contributed by atoms with E-state index in [1.807, 2.05) is 7.11 Å². The van der Waals surface area contributed by atoms with E-state index in [2.05, 4.69) is 26.0 Å². The van der Waals surface area contributed by atoms with Gasteiger partial charge in [0, 0.05) is 13.0 Å². The summed E-state index contributed by atoms with van der Waals surface area (Å²) >= 11 is 6.38. The van der Waals surface area contributed by atoms with E-state index in [9.17, 15) is 0 Å². The summed E-state index contributed by atoms with van der Waals surface area (Å²) in [5.74, 6) is 1.12. The molecule has 4 atom stereocenters. The molecule has 2 bridgehead atoms. The van der Waals surface area contributed by atoms with E-state index in [-0.39, 0.29) is 10.8 Å². The molecule has 14 heavy (non-hydrogen) atoms. The summed E-state index contributed by atoms with van der Waals surface area (Å²) in [4.78, 5) is 0. The highest BCUT2D eigenvalue weighted by Gasteiger charge is 2.48. The molecular formula is C12H19ClO. The van der Waals surface area contributed by atoms with E-state index in [1.165, 1.54) is 12.8 Å². The molecule has 0 saturated heterocycles. The van der Waals surface area contributed by atoms with Crippen molar-refractivity contribution in [3.05, 3.63) is 12.2 Å². The first kappa shape index (κ1) is 10.5. The molecular weight excluding hydrogens is 196 g/mol. The maximum Gasteiger partial charge on any atom is 0.0687 e. The fourth-order valence-corrected chi connectivity index (χ4v) is 3.82. The maximum absolute atomic E-state index is 6.38. The summed E-state index contributed by atoms with van der Waals surface area (Å²) in [5, 5.41) is 0.190. The molecule has 3 rings (SSSR count). The summed E-state index contributed by atoms with van der Waals surface area (Å²) in [6.07, 6.45) is 7.23. The van der Waals surface area contributed by atoms with Gasteiger partial charge in [-0.1, -0.05) is 26.0 Å². The third-order valence-corrected chi connectivity index (χ3v) is 4.52. The van der Waals surface area contributed by atoms with Crippen LogP contribution in [0.3, 0.4) is 0 Å². The Morgan fingerprint density at radius 1 is 1.29 bits per heavy atom. The predicted octanol–water partition coefficient (Wildman–Crippen LogP) is 3.23. The summed E-state index contributed by atoms with van der Waals surface area (Å²) < 4.78 is 5.66. The molecule has 0 aromatic rings. The van der Waals surface area contributed by atoms with E-state index in [0.717, 1.165) is 0 Å². The molecule has 80 valence electrons. The van der Waals surface area contributed by atoms with Crippen LogP contribution >= 0.6 is 11.6 Å². The minimum Gasteiger partial charge on any atom is -0.380 e. The quantitative estimate of drug-likeness (QED) is 0.481. The summed E-state index contributed by atoms with van der Waals surface area (Å²) in [6.45, 7) is 4.58. The number of hydrogen-bond donors (Lipinski definition) is 0. The minimum absolute atomic E-state index is 0.190. The number of alkyl halides is 1. The lowest BCUT2D eigenvalue weighted by Gasteiger charge is -2.47. The number of fused-ring (bicyclic) bond motifs is 3. The Labute approximate surface area is 91.5 Å². The van der Waals surface area contributed by atoms with Gasteiger partial charge in [-0.05, 0) is 24.2 Å². The van der Waals surface area contributed by atoms with Gasteiger partial charge in [0.05, 0.1) is 11.5 Å². The van der Waals surface area contributed by atoms with Gasteiger partial charge in [0.25, 0.3) is 0 Å². The lowest BCUT2D eigenvalue weighted by atomic mass is 9.63. The highest BCUT2D eigenvalue weighted by molar-refractivity contribution is 6.22. The van der Waals surface area contributed by atoms with Crippen molar-refractivity contribution in [3.8, 4) is 0 Å². The zero-order valence-electron chi connectivity index (χ0n) is 9.16. The van der Waals surface area contributed by atoms with Gasteiger partial charge in [0.2, 0.25) is 0 Å². The molecule has 0 amide bonds. The van der Waals surface area contributed by atoms with Crippen LogP contribution in [0.5, 0.6) is 0 Å². The number of halogens is 1. The zero-order chi connectivity index (χ0) is 10.3. The SMILES string of the molecule is COC1C2C=CC(Cl)C(CC2)C1(C)C. The van der Waals surface area contributed by atoms with E-state index >= 15 is 0 Å². The van der Waals surface area contributed by atoms with Crippen LogP contribution in [0, 0.1) is 17.3 Å². The summed E-state index contributed by atoms with van der Waals surface area (Å²) in [5.41, 5.74) is 0.202. The number of methoxy groups -OCH3 is 1. The number of rotatable bonds is 1. The van der Waals surface area contributed by atoms with E-state index < -0.39 is 0 Å². The average molecular weight is 215 g/mol. The Bertz CT molecular complexity index is 243. The molecule has 0 radical (unpaired) electrons. The molecule has 0 aromatic carbocycles. The Kier molecular flexibility index (Phi) is 2.65. The lowest BCUT2D eigenvalue weighted by Crippen LogP contribution is -2.47. The number of allylic oxidation sites excluding steroid dienone is 1. The first-order chi connectivity index (χ1) is 6.57. The van der Waals surface area contributed by atoms with Gasteiger partial charge in [-0.2, -0.15) is 0 Å². The fourth-order valence-electron chi connectivity index (χ4n) is 3.29. The summed E-state index contributed by atoms with van der Waals surface area (Å²) in [6, 6.07) is 0. The van der Waals surface area contributed by atoms with Crippen molar-refractivity contribution in [3.63, 3.8) is 0 Å². The second kappa shape index (κ2) is 3.53. The van der Waals surface area contributed by atoms with Gasteiger partial charge in [-0.25, -0.2) is 0 Å². The second-order valence-corrected chi connectivity index (χ2v) is 5.66. The van der Waals surface area contributed by atoms with E-state index in [4.69, 9.17) is 16.3 Å². The Hall–Kier alpha value is -0.0100. The molecule has 0 spiro atoms. The van der Waals surface area contributed by atoms with Crippen LogP contribution in [0.1, 0.15) is 26.7 Å². The van der Waals surface area contributed by atoms with Crippen LogP contribution in [0.15, 0.2) is 12.2 Å². The lowest BCUT2D eigenvalue weighted by molar-refractivity contribution is -0.0749. The molecule has 0 aromatic heterocycles. The van der Waals surface area contributed by atoms with Gasteiger partial charge in [0.1, 0.15) is 0 Å². The largest absolute Gasteiger partial charge is 0.380 e. The first-order valence-electron chi connectivity index (χ1n) is 5.42. The van der Waals surface area contributed by atoms with Crippen molar-refractivity contribution >= 4 is 11.6 Å². The maximum atomic E-state index is 6.38. The van der Waals surface area contributed by atoms with Crippen LogP contribution in [0.4, 0.5) is 0 Å². The molecule has 3 aliphatic carbocycles. The molecule has 0 heterocycles. The van der Waals surface area contributed by atoms with Crippen LogP contribution in [-0.4, -0.2) is 18.6 Å². The average Bonchev–Trinajstić information content (AvgIpc) is 2.33. The van der Waals surface area contributed by atoms with Gasteiger partial charge in [-0.15, -0.1) is 11.6 Å². The van der Waals surface area contributed by atoms with Crippen molar-refractivity contribution in [1.29, 1.82) is 0 Å². The Balaban J connectivity index is 2.35. The monoisotopic (exact) mass is 214 g/mol. The predicted molar refractivity (Wildman–Crippen MR) is 59.6 cm³/mol. The number of ether oxygens (including phenoxy) is 1. The minimum atomic E-state index is 0.190. The molecule has 1 saturated carbocycles. The Morgan fingerprint density at radius 2 is 2.00 bits per heavy atom. The highest BCUT2D eigenvalue weighted by Crippen LogP contribution is 2.50. The molecule has 0 aliphatic heterocycles. The molecule has 1 nitrogen and oxygen atoms in total. The van der Waals surface area contributed by atoms with E-state index in [1.54, 1.807) is 0 Å². The van der Waals surface area contributed by atoms with Crippen molar-refractivity contribution in [2.24, 2.45) is 17.3 Å². The molecule has 0 N–H and O–H groups in total. The zero-order valence-corrected chi connectivity index (χ0v) is 9.92. The van der Waals surface area contributed by atoms with Crippen molar-refractivity contribution in [2.75, 3.05) is 7.11 Å². The molecule has 2 heteroatoms. The van der Waals surface area contributed by atoms with Crippen molar-refractivity contribution < 1.29 is 4.74 Å². The number of hydrogen-bond acceptors (Lipinski definition) is 1. The first-order valence-corrected chi connectivity index (χ1v) is 5.86. The Morgan fingerprint density at radius 3 is 2.64 bits per heavy atom. The fraction of sp³-hybridized carbons (Fsp3) is 0.833. The molecule has 1 fully saturated rings. The third kappa shape index (κ3) is 1.42.